The summed E-state index contributed by atoms with van der Waals surface area (Å²) in [6.45, 7) is 3.93. The maximum Gasteiger partial charge on any atom is 0.207 e. The second kappa shape index (κ2) is 4.24. The first kappa shape index (κ1) is 12.0. The van der Waals surface area contributed by atoms with Crippen LogP contribution < -0.4 is 5.73 Å². The molecular weight excluding hydrogens is 260 g/mol. The third-order valence-electron chi connectivity index (χ3n) is 3.14. The van der Waals surface area contributed by atoms with Gasteiger partial charge in [-0.1, -0.05) is 17.7 Å². The number of hydrogen-bond donors (Lipinski definition) is 1. The molecule has 0 amide bonds. The molecule has 1 aromatic carbocycles. The van der Waals surface area contributed by atoms with Gasteiger partial charge in [-0.25, -0.2) is 9.97 Å². The normalized spacial score (nSPS) is 11.1. The molecule has 0 bridgehead atoms. The molecule has 0 aliphatic rings. The molecular formula is C14H13ClN4. The molecule has 2 N–H and O–H groups in total. The maximum atomic E-state index is 6.16. The van der Waals surface area contributed by atoms with Gasteiger partial charge in [-0.3, -0.25) is 4.57 Å². The van der Waals surface area contributed by atoms with Crippen LogP contribution in [0.25, 0.3) is 16.9 Å². The number of nitrogen functional groups attached to an aromatic ring is 1. The number of benzene rings is 1. The number of halogens is 1. The highest BCUT2D eigenvalue weighted by Crippen LogP contribution is 2.27. The lowest BCUT2D eigenvalue weighted by Crippen LogP contribution is -2.03. The van der Waals surface area contributed by atoms with E-state index in [4.69, 9.17) is 17.3 Å². The topological polar surface area (TPSA) is 56.7 Å². The SMILES string of the molecule is Cc1cnc2c(c1)nc(N)n2-c1cccc(Cl)c1C. The van der Waals surface area contributed by atoms with Crippen LogP contribution in [0.4, 0.5) is 5.95 Å². The van der Waals surface area contributed by atoms with Crippen LogP contribution in [-0.4, -0.2) is 14.5 Å². The molecule has 2 aromatic heterocycles. The zero-order valence-electron chi connectivity index (χ0n) is 10.7. The van der Waals surface area contributed by atoms with Gasteiger partial charge in [0.1, 0.15) is 5.52 Å². The average molecular weight is 273 g/mol. The molecule has 0 unspecified atom stereocenters. The van der Waals surface area contributed by atoms with E-state index >= 15 is 0 Å². The van der Waals surface area contributed by atoms with Gasteiger partial charge in [0.15, 0.2) is 5.65 Å². The number of aromatic nitrogens is 3. The van der Waals surface area contributed by atoms with E-state index in [0.717, 1.165) is 28.0 Å². The molecule has 96 valence electrons. The highest BCUT2D eigenvalue weighted by Gasteiger charge is 2.14. The van der Waals surface area contributed by atoms with Crippen molar-refractivity contribution in [3.63, 3.8) is 0 Å². The van der Waals surface area contributed by atoms with E-state index in [9.17, 15) is 0 Å². The van der Waals surface area contributed by atoms with Crippen molar-refractivity contribution < 1.29 is 0 Å². The van der Waals surface area contributed by atoms with Crippen LogP contribution in [0, 0.1) is 13.8 Å². The molecule has 0 radical (unpaired) electrons. The van der Waals surface area contributed by atoms with E-state index in [2.05, 4.69) is 9.97 Å². The molecule has 3 aromatic rings. The number of rotatable bonds is 1. The Morgan fingerprint density at radius 2 is 2.05 bits per heavy atom. The molecule has 5 heteroatoms. The van der Waals surface area contributed by atoms with Gasteiger partial charge < -0.3 is 5.73 Å². The summed E-state index contributed by atoms with van der Waals surface area (Å²) in [5, 5.41) is 0.700. The van der Waals surface area contributed by atoms with E-state index in [0.29, 0.717) is 11.0 Å². The highest BCUT2D eigenvalue weighted by atomic mass is 35.5. The van der Waals surface area contributed by atoms with Crippen LogP contribution in [0.1, 0.15) is 11.1 Å². The summed E-state index contributed by atoms with van der Waals surface area (Å²) >= 11 is 6.16. The van der Waals surface area contributed by atoms with Crippen LogP contribution in [0.2, 0.25) is 5.02 Å². The quantitative estimate of drug-likeness (QED) is 0.740. The van der Waals surface area contributed by atoms with Gasteiger partial charge in [-0.2, -0.15) is 0 Å². The smallest absolute Gasteiger partial charge is 0.207 e. The summed E-state index contributed by atoms with van der Waals surface area (Å²) < 4.78 is 1.83. The average Bonchev–Trinajstić information content (AvgIpc) is 2.68. The molecule has 0 aliphatic heterocycles. The predicted molar refractivity (Wildman–Crippen MR) is 77.8 cm³/mol. The third-order valence-corrected chi connectivity index (χ3v) is 3.55. The van der Waals surface area contributed by atoms with Crippen LogP contribution in [0.15, 0.2) is 30.5 Å². The fourth-order valence-electron chi connectivity index (χ4n) is 2.16. The van der Waals surface area contributed by atoms with E-state index in [1.807, 2.05) is 42.7 Å². The maximum absolute atomic E-state index is 6.16. The summed E-state index contributed by atoms with van der Waals surface area (Å²) in [5.41, 5.74) is 10.5. The van der Waals surface area contributed by atoms with Crippen molar-refractivity contribution >= 4 is 28.7 Å². The van der Waals surface area contributed by atoms with E-state index in [1.165, 1.54) is 0 Å². The Balaban J connectivity index is 2.36. The number of aryl methyl sites for hydroxylation is 1. The van der Waals surface area contributed by atoms with E-state index in [-0.39, 0.29) is 0 Å². The molecule has 0 spiro atoms. The Morgan fingerprint density at radius 1 is 1.26 bits per heavy atom. The fourth-order valence-corrected chi connectivity index (χ4v) is 2.33. The fraction of sp³-hybridized carbons (Fsp3) is 0.143. The standard InChI is InChI=1S/C14H13ClN4/c1-8-6-11-13(17-7-8)19(14(16)18-11)12-5-3-4-10(15)9(12)2/h3-7H,1-2H3,(H2,16,18). The lowest BCUT2D eigenvalue weighted by atomic mass is 10.2. The summed E-state index contributed by atoms with van der Waals surface area (Å²) in [6.07, 6.45) is 1.81. The Kier molecular flexibility index (Phi) is 2.68. The minimum absolute atomic E-state index is 0.415. The molecule has 0 saturated carbocycles. The largest absolute Gasteiger partial charge is 0.369 e. The zero-order valence-corrected chi connectivity index (χ0v) is 11.4. The van der Waals surface area contributed by atoms with Gasteiger partial charge in [0.25, 0.3) is 0 Å². The molecule has 0 atom stereocenters. The summed E-state index contributed by atoms with van der Waals surface area (Å²) in [5.74, 6) is 0.415. The van der Waals surface area contributed by atoms with Gasteiger partial charge in [0.2, 0.25) is 5.95 Å². The van der Waals surface area contributed by atoms with E-state index < -0.39 is 0 Å². The molecule has 2 heterocycles. The Labute approximate surface area is 115 Å². The van der Waals surface area contributed by atoms with Gasteiger partial charge >= 0.3 is 0 Å². The second-order valence-corrected chi connectivity index (χ2v) is 4.95. The molecule has 0 fully saturated rings. The van der Waals surface area contributed by atoms with Crippen LogP contribution in [0.5, 0.6) is 0 Å². The summed E-state index contributed by atoms with van der Waals surface area (Å²) in [4.78, 5) is 8.78. The minimum Gasteiger partial charge on any atom is -0.369 e. The van der Waals surface area contributed by atoms with Crippen molar-refractivity contribution in [2.45, 2.75) is 13.8 Å². The third kappa shape index (κ3) is 1.85. The van der Waals surface area contributed by atoms with Crippen molar-refractivity contribution in [2.24, 2.45) is 0 Å². The summed E-state index contributed by atoms with van der Waals surface area (Å²) in [6, 6.07) is 7.67. The van der Waals surface area contributed by atoms with Crippen molar-refractivity contribution in [3.8, 4) is 5.69 Å². The van der Waals surface area contributed by atoms with E-state index in [1.54, 1.807) is 6.20 Å². The Morgan fingerprint density at radius 3 is 2.84 bits per heavy atom. The van der Waals surface area contributed by atoms with Crippen molar-refractivity contribution in [3.05, 3.63) is 46.6 Å². The highest BCUT2D eigenvalue weighted by molar-refractivity contribution is 6.31. The van der Waals surface area contributed by atoms with Crippen LogP contribution >= 0.6 is 11.6 Å². The number of imidazole rings is 1. The minimum atomic E-state index is 0.415. The zero-order chi connectivity index (χ0) is 13.6. The first-order valence-corrected chi connectivity index (χ1v) is 6.32. The Hall–Kier alpha value is -2.07. The number of nitrogens with two attached hydrogens (primary N) is 1. The molecule has 4 nitrogen and oxygen atoms in total. The number of nitrogens with zero attached hydrogens (tertiary/aromatic N) is 3. The second-order valence-electron chi connectivity index (χ2n) is 4.54. The number of pyridine rings is 1. The molecule has 0 saturated heterocycles. The monoisotopic (exact) mass is 272 g/mol. The van der Waals surface area contributed by atoms with Gasteiger partial charge in [-0.05, 0) is 43.2 Å². The van der Waals surface area contributed by atoms with Crippen molar-refractivity contribution in [1.82, 2.24) is 14.5 Å². The van der Waals surface area contributed by atoms with Gasteiger partial charge in [0, 0.05) is 11.2 Å². The van der Waals surface area contributed by atoms with Crippen LogP contribution in [0.3, 0.4) is 0 Å². The van der Waals surface area contributed by atoms with Gasteiger partial charge in [0.05, 0.1) is 5.69 Å². The van der Waals surface area contributed by atoms with Crippen molar-refractivity contribution in [1.29, 1.82) is 0 Å². The molecule has 19 heavy (non-hydrogen) atoms. The lowest BCUT2D eigenvalue weighted by molar-refractivity contribution is 1.06. The lowest BCUT2D eigenvalue weighted by Gasteiger charge is -2.10. The van der Waals surface area contributed by atoms with Crippen molar-refractivity contribution in [2.75, 3.05) is 5.73 Å². The number of fused-ring (bicyclic) bond motifs is 1. The number of anilines is 1. The predicted octanol–water partition coefficient (Wildman–Crippen LogP) is 3.27. The van der Waals surface area contributed by atoms with Crippen LogP contribution in [-0.2, 0) is 0 Å². The first-order chi connectivity index (χ1) is 9.08. The molecule has 0 aliphatic carbocycles. The molecule has 3 rings (SSSR count). The Bertz CT molecular complexity index is 776. The van der Waals surface area contributed by atoms with Gasteiger partial charge in [-0.15, -0.1) is 0 Å². The summed E-state index contributed by atoms with van der Waals surface area (Å²) in [7, 11) is 0. The first-order valence-electron chi connectivity index (χ1n) is 5.94. The number of hydrogen-bond acceptors (Lipinski definition) is 3.